The molecule has 0 atom stereocenters. The Morgan fingerprint density at radius 3 is 2.58 bits per heavy atom. The summed E-state index contributed by atoms with van der Waals surface area (Å²) in [6, 6.07) is 24.3. The quantitative estimate of drug-likeness (QED) is 0.260. The summed E-state index contributed by atoms with van der Waals surface area (Å²) in [5, 5.41) is 1.28. The Labute approximate surface area is 224 Å². The molecule has 2 aromatic heterocycles. The van der Waals surface area contributed by atoms with Gasteiger partial charge in [0, 0.05) is 37.1 Å². The molecule has 0 spiro atoms. The molecule has 1 saturated heterocycles. The first-order valence-electron chi connectivity index (χ1n) is 12.8. The number of thiazole rings is 1. The first-order chi connectivity index (χ1) is 18.7. The van der Waals surface area contributed by atoms with Crippen LogP contribution in [0, 0.1) is 5.82 Å². The van der Waals surface area contributed by atoms with Crippen LogP contribution in [0.25, 0.3) is 32.4 Å². The van der Waals surface area contributed by atoms with E-state index in [0.29, 0.717) is 22.8 Å². The number of halogens is 1. The van der Waals surface area contributed by atoms with Gasteiger partial charge in [-0.25, -0.2) is 14.4 Å². The van der Waals surface area contributed by atoms with Crippen molar-refractivity contribution in [1.29, 1.82) is 0 Å². The zero-order chi connectivity index (χ0) is 25.9. The highest BCUT2D eigenvalue weighted by Crippen LogP contribution is 2.33. The molecule has 0 N–H and O–H groups in total. The van der Waals surface area contributed by atoms with Gasteiger partial charge in [0.25, 0.3) is 5.91 Å². The molecule has 38 heavy (non-hydrogen) atoms. The SMILES string of the molecule is O=C(c1cc(-c2ccccc2)nc2ccccc12)N(CCCN1CCOCC1)c1nc2c(F)cccc2s1. The van der Waals surface area contributed by atoms with Gasteiger partial charge in [0.05, 0.1) is 34.7 Å². The Hall–Kier alpha value is -3.72. The monoisotopic (exact) mass is 526 g/mol. The number of nitrogens with zero attached hydrogens (tertiary/aromatic N) is 4. The van der Waals surface area contributed by atoms with E-state index in [1.54, 1.807) is 11.0 Å². The number of rotatable bonds is 7. The number of carbonyl (C=O) groups is 1. The highest BCUT2D eigenvalue weighted by molar-refractivity contribution is 7.22. The topological polar surface area (TPSA) is 58.6 Å². The second-order valence-corrected chi connectivity index (χ2v) is 10.3. The van der Waals surface area contributed by atoms with Crippen LogP contribution >= 0.6 is 11.3 Å². The third-order valence-corrected chi connectivity index (χ3v) is 7.85. The molecule has 1 aliphatic heterocycles. The van der Waals surface area contributed by atoms with Crippen LogP contribution in [0.2, 0.25) is 0 Å². The summed E-state index contributed by atoms with van der Waals surface area (Å²) < 4.78 is 20.7. The van der Waals surface area contributed by atoms with Gasteiger partial charge >= 0.3 is 0 Å². The Morgan fingerprint density at radius 2 is 1.76 bits per heavy atom. The summed E-state index contributed by atoms with van der Waals surface area (Å²) in [7, 11) is 0. The van der Waals surface area contributed by atoms with Crippen molar-refractivity contribution in [3.63, 3.8) is 0 Å². The first-order valence-corrected chi connectivity index (χ1v) is 13.6. The number of hydrogen-bond acceptors (Lipinski definition) is 6. The highest BCUT2D eigenvalue weighted by Gasteiger charge is 2.25. The van der Waals surface area contributed by atoms with Crippen molar-refractivity contribution < 1.29 is 13.9 Å². The number of pyridine rings is 1. The molecule has 0 radical (unpaired) electrons. The normalized spacial score (nSPS) is 14.2. The summed E-state index contributed by atoms with van der Waals surface area (Å²) in [4.78, 5) is 27.8. The number of ether oxygens (including phenoxy) is 1. The molecule has 3 heterocycles. The predicted octanol–water partition coefficient (Wildman–Crippen LogP) is 6.02. The molecule has 0 unspecified atom stereocenters. The Kier molecular flexibility index (Phi) is 7.09. The number of aromatic nitrogens is 2. The lowest BCUT2D eigenvalue weighted by Crippen LogP contribution is -2.39. The van der Waals surface area contributed by atoms with Gasteiger partial charge in [-0.2, -0.15) is 0 Å². The van der Waals surface area contributed by atoms with Crippen LogP contribution in [0.1, 0.15) is 16.8 Å². The lowest BCUT2D eigenvalue weighted by atomic mass is 10.0. The van der Waals surface area contributed by atoms with E-state index in [2.05, 4.69) is 9.88 Å². The minimum Gasteiger partial charge on any atom is -0.379 e. The predicted molar refractivity (Wildman–Crippen MR) is 150 cm³/mol. The summed E-state index contributed by atoms with van der Waals surface area (Å²) in [5.41, 5.74) is 3.27. The second kappa shape index (κ2) is 10.9. The fraction of sp³-hybridized carbons (Fsp3) is 0.233. The molecule has 0 bridgehead atoms. The summed E-state index contributed by atoms with van der Waals surface area (Å²) in [6.07, 6.45) is 0.763. The number of hydrogen-bond donors (Lipinski definition) is 0. The number of fused-ring (bicyclic) bond motifs is 2. The third-order valence-electron chi connectivity index (χ3n) is 6.81. The number of morpholine rings is 1. The molecular weight excluding hydrogens is 499 g/mol. The average Bonchev–Trinajstić information content (AvgIpc) is 3.41. The van der Waals surface area contributed by atoms with Gasteiger partial charge in [0.15, 0.2) is 5.13 Å². The van der Waals surface area contributed by atoms with E-state index in [0.717, 1.165) is 66.1 Å². The zero-order valence-corrected chi connectivity index (χ0v) is 21.7. The number of benzene rings is 3. The lowest BCUT2D eigenvalue weighted by Gasteiger charge is -2.28. The van der Waals surface area contributed by atoms with Crippen molar-refractivity contribution in [2.45, 2.75) is 6.42 Å². The van der Waals surface area contributed by atoms with E-state index in [4.69, 9.17) is 9.72 Å². The van der Waals surface area contributed by atoms with Crippen LogP contribution in [0.4, 0.5) is 9.52 Å². The van der Waals surface area contributed by atoms with Crippen molar-refractivity contribution in [2.24, 2.45) is 0 Å². The van der Waals surface area contributed by atoms with Gasteiger partial charge in [-0.3, -0.25) is 14.6 Å². The molecule has 1 fully saturated rings. The van der Waals surface area contributed by atoms with E-state index >= 15 is 0 Å². The molecule has 192 valence electrons. The van der Waals surface area contributed by atoms with Gasteiger partial charge in [-0.1, -0.05) is 65.9 Å². The Morgan fingerprint density at radius 1 is 0.974 bits per heavy atom. The van der Waals surface area contributed by atoms with Gasteiger partial charge in [0.1, 0.15) is 11.3 Å². The van der Waals surface area contributed by atoms with Crippen LogP contribution < -0.4 is 4.90 Å². The van der Waals surface area contributed by atoms with E-state index in [1.807, 2.05) is 66.7 Å². The largest absolute Gasteiger partial charge is 0.379 e. The van der Waals surface area contributed by atoms with E-state index in [9.17, 15) is 9.18 Å². The van der Waals surface area contributed by atoms with E-state index < -0.39 is 0 Å². The van der Waals surface area contributed by atoms with Gasteiger partial charge in [0.2, 0.25) is 0 Å². The first kappa shape index (κ1) is 24.6. The molecule has 6 rings (SSSR count). The maximum Gasteiger partial charge on any atom is 0.260 e. The van der Waals surface area contributed by atoms with Crippen molar-refractivity contribution in [3.8, 4) is 11.3 Å². The Balaban J connectivity index is 1.40. The summed E-state index contributed by atoms with van der Waals surface area (Å²) in [5.74, 6) is -0.548. The van der Waals surface area contributed by atoms with Gasteiger partial charge in [-0.15, -0.1) is 0 Å². The molecule has 1 amide bonds. The maximum absolute atomic E-state index is 14.5. The number of anilines is 1. The molecule has 6 nitrogen and oxygen atoms in total. The zero-order valence-electron chi connectivity index (χ0n) is 20.8. The van der Waals surface area contributed by atoms with E-state index in [-0.39, 0.29) is 11.7 Å². The number of carbonyl (C=O) groups excluding carboxylic acids is 1. The van der Waals surface area contributed by atoms with Crippen molar-refractivity contribution in [1.82, 2.24) is 14.9 Å². The van der Waals surface area contributed by atoms with Crippen molar-refractivity contribution in [2.75, 3.05) is 44.3 Å². The number of para-hydroxylation sites is 2. The van der Waals surface area contributed by atoms with E-state index in [1.165, 1.54) is 17.4 Å². The molecular formula is C30H27FN4O2S. The van der Waals surface area contributed by atoms with Crippen molar-refractivity contribution in [3.05, 3.63) is 90.2 Å². The standard InChI is InChI=1S/C30H27FN4O2S/c31-24-11-6-13-27-28(24)33-30(38-27)35(15-7-14-34-16-18-37-19-17-34)29(36)23-20-26(21-8-2-1-3-9-21)32-25-12-5-4-10-22(23)25/h1-6,8-13,20H,7,14-19H2. The highest BCUT2D eigenvalue weighted by atomic mass is 32.1. The molecule has 5 aromatic rings. The van der Waals surface area contributed by atoms with Crippen LogP contribution in [0.3, 0.4) is 0 Å². The average molecular weight is 527 g/mol. The Bertz CT molecular complexity index is 1580. The smallest absolute Gasteiger partial charge is 0.260 e. The van der Waals surface area contributed by atoms with Crippen LogP contribution in [0.15, 0.2) is 78.9 Å². The molecule has 1 aliphatic rings. The van der Waals surface area contributed by atoms with Crippen molar-refractivity contribution >= 4 is 43.5 Å². The fourth-order valence-corrected chi connectivity index (χ4v) is 5.84. The minimum atomic E-state index is -0.383. The number of amides is 1. The molecule has 0 aliphatic carbocycles. The van der Waals surface area contributed by atoms with Gasteiger partial charge < -0.3 is 4.74 Å². The fourth-order valence-electron chi connectivity index (χ4n) is 4.83. The molecule has 0 saturated carbocycles. The van der Waals surface area contributed by atoms with Gasteiger partial charge in [-0.05, 0) is 30.7 Å². The molecule has 3 aromatic carbocycles. The third kappa shape index (κ3) is 5.03. The maximum atomic E-state index is 14.5. The minimum absolute atomic E-state index is 0.165. The lowest BCUT2D eigenvalue weighted by molar-refractivity contribution is 0.0376. The van der Waals surface area contributed by atoms with Crippen LogP contribution in [0.5, 0.6) is 0 Å². The molecule has 8 heteroatoms. The van der Waals surface area contributed by atoms with Crippen LogP contribution in [-0.2, 0) is 4.74 Å². The van der Waals surface area contributed by atoms with Crippen LogP contribution in [-0.4, -0.2) is 60.2 Å². The summed E-state index contributed by atoms with van der Waals surface area (Å²) in [6.45, 7) is 4.54. The summed E-state index contributed by atoms with van der Waals surface area (Å²) >= 11 is 1.34. The second-order valence-electron chi connectivity index (χ2n) is 9.29.